The Bertz CT molecular complexity index is 446. The second-order valence-corrected chi connectivity index (χ2v) is 4.65. The molecule has 2 atom stereocenters. The van der Waals surface area contributed by atoms with E-state index in [0.29, 0.717) is 12.2 Å². The first-order chi connectivity index (χ1) is 8.63. The van der Waals surface area contributed by atoms with E-state index >= 15 is 0 Å². The van der Waals surface area contributed by atoms with Gasteiger partial charge in [-0.25, -0.2) is 0 Å². The summed E-state index contributed by atoms with van der Waals surface area (Å²) in [6, 6.07) is 7.42. The van der Waals surface area contributed by atoms with Crippen molar-refractivity contribution in [2.24, 2.45) is 5.73 Å². The lowest BCUT2D eigenvalue weighted by Crippen LogP contribution is -2.53. The third-order valence-corrected chi connectivity index (χ3v) is 3.64. The normalized spacial score (nSPS) is 28.2. The third kappa shape index (κ3) is 2.02. The van der Waals surface area contributed by atoms with Crippen LogP contribution in [0.15, 0.2) is 24.3 Å². The lowest BCUT2D eigenvalue weighted by atomic mass is 9.74. The quantitative estimate of drug-likeness (QED) is 0.884. The highest BCUT2D eigenvalue weighted by Crippen LogP contribution is 2.37. The van der Waals surface area contributed by atoms with Crippen LogP contribution in [0.1, 0.15) is 24.8 Å². The van der Waals surface area contributed by atoms with Crippen LogP contribution in [0.2, 0.25) is 0 Å². The minimum Gasteiger partial charge on any atom is -0.496 e. The molecule has 1 aliphatic rings. The van der Waals surface area contributed by atoms with E-state index in [4.69, 9.17) is 15.2 Å². The number of ketones is 1. The molecule has 0 spiro atoms. The number of ether oxygens (including phenoxy) is 2. The standard InChI is InChI=1S/C14H19NO3/c1-17-11-7-4-3-6-10(11)14(15)9-5-8-12(18-2)13(14)16/h3-4,6-7,12H,5,8-9,15H2,1-2H3/t12-,14-/m1/s1. The highest BCUT2D eigenvalue weighted by molar-refractivity contribution is 5.94. The summed E-state index contributed by atoms with van der Waals surface area (Å²) in [6.45, 7) is 0. The van der Waals surface area contributed by atoms with Crippen LogP contribution >= 0.6 is 0 Å². The molecule has 4 heteroatoms. The molecule has 2 N–H and O–H groups in total. The fraction of sp³-hybridized carbons (Fsp3) is 0.500. The number of benzene rings is 1. The Labute approximate surface area is 107 Å². The largest absolute Gasteiger partial charge is 0.496 e. The first-order valence-electron chi connectivity index (χ1n) is 6.13. The number of para-hydroxylation sites is 1. The van der Waals surface area contributed by atoms with Crippen LogP contribution in [0.3, 0.4) is 0 Å². The van der Waals surface area contributed by atoms with Crippen molar-refractivity contribution >= 4 is 5.78 Å². The molecule has 0 unspecified atom stereocenters. The van der Waals surface area contributed by atoms with Gasteiger partial charge in [-0.3, -0.25) is 4.79 Å². The lowest BCUT2D eigenvalue weighted by Gasteiger charge is -2.36. The van der Waals surface area contributed by atoms with Crippen LogP contribution in [-0.4, -0.2) is 26.1 Å². The predicted octanol–water partition coefficient (Wildman–Crippen LogP) is 1.62. The van der Waals surface area contributed by atoms with E-state index in [-0.39, 0.29) is 5.78 Å². The molecular formula is C14H19NO3. The van der Waals surface area contributed by atoms with Crippen molar-refractivity contribution in [2.45, 2.75) is 30.9 Å². The zero-order chi connectivity index (χ0) is 13.2. The van der Waals surface area contributed by atoms with Gasteiger partial charge in [0.1, 0.15) is 17.4 Å². The molecule has 1 aliphatic carbocycles. The molecule has 0 saturated heterocycles. The van der Waals surface area contributed by atoms with E-state index in [1.807, 2.05) is 24.3 Å². The molecular weight excluding hydrogens is 230 g/mol. The summed E-state index contributed by atoms with van der Waals surface area (Å²) in [5.41, 5.74) is 6.11. The minimum atomic E-state index is -0.995. The topological polar surface area (TPSA) is 61.6 Å². The Morgan fingerprint density at radius 2 is 2.06 bits per heavy atom. The van der Waals surface area contributed by atoms with Crippen molar-refractivity contribution < 1.29 is 14.3 Å². The smallest absolute Gasteiger partial charge is 0.185 e. The van der Waals surface area contributed by atoms with Crippen LogP contribution in [0.4, 0.5) is 0 Å². The molecule has 0 aliphatic heterocycles. The van der Waals surface area contributed by atoms with Gasteiger partial charge < -0.3 is 15.2 Å². The molecule has 0 amide bonds. The summed E-state index contributed by atoms with van der Waals surface area (Å²) < 4.78 is 10.5. The van der Waals surface area contributed by atoms with Gasteiger partial charge in [0.25, 0.3) is 0 Å². The maximum Gasteiger partial charge on any atom is 0.185 e. The van der Waals surface area contributed by atoms with Crippen molar-refractivity contribution in [1.82, 2.24) is 0 Å². The van der Waals surface area contributed by atoms with Gasteiger partial charge in [0.15, 0.2) is 5.78 Å². The number of Topliss-reactive ketones (excluding diaryl/α,β-unsaturated/α-hetero) is 1. The van der Waals surface area contributed by atoms with Gasteiger partial charge in [-0.05, 0) is 25.3 Å². The molecule has 0 bridgehead atoms. The highest BCUT2D eigenvalue weighted by atomic mass is 16.5. The van der Waals surface area contributed by atoms with Crippen LogP contribution in [0.5, 0.6) is 5.75 Å². The van der Waals surface area contributed by atoms with Crippen LogP contribution < -0.4 is 10.5 Å². The van der Waals surface area contributed by atoms with Gasteiger partial charge in [-0.2, -0.15) is 0 Å². The fourth-order valence-electron chi connectivity index (χ4n) is 2.61. The van der Waals surface area contributed by atoms with Gasteiger partial charge in [-0.1, -0.05) is 18.2 Å². The molecule has 98 valence electrons. The van der Waals surface area contributed by atoms with Crippen LogP contribution in [0, 0.1) is 0 Å². The van der Waals surface area contributed by atoms with Gasteiger partial charge in [0.05, 0.1) is 7.11 Å². The van der Waals surface area contributed by atoms with E-state index in [0.717, 1.165) is 18.4 Å². The molecule has 4 nitrogen and oxygen atoms in total. The average molecular weight is 249 g/mol. The Kier molecular flexibility index (Phi) is 3.68. The molecule has 1 saturated carbocycles. The van der Waals surface area contributed by atoms with Crippen molar-refractivity contribution in [3.05, 3.63) is 29.8 Å². The molecule has 18 heavy (non-hydrogen) atoms. The monoisotopic (exact) mass is 249 g/mol. The minimum absolute atomic E-state index is 0.0549. The van der Waals surface area contributed by atoms with Crippen LogP contribution in [-0.2, 0) is 15.1 Å². The van der Waals surface area contributed by atoms with Gasteiger partial charge in [0.2, 0.25) is 0 Å². The van der Waals surface area contributed by atoms with Gasteiger partial charge >= 0.3 is 0 Å². The maximum absolute atomic E-state index is 12.4. The van der Waals surface area contributed by atoms with E-state index in [1.165, 1.54) is 0 Å². The predicted molar refractivity (Wildman–Crippen MR) is 68.5 cm³/mol. The zero-order valence-electron chi connectivity index (χ0n) is 10.8. The second-order valence-electron chi connectivity index (χ2n) is 4.65. The molecule has 1 aromatic carbocycles. The van der Waals surface area contributed by atoms with Crippen LogP contribution in [0.25, 0.3) is 0 Å². The molecule has 0 radical (unpaired) electrons. The number of carbonyl (C=O) groups excluding carboxylic acids is 1. The van der Waals surface area contributed by atoms with Crippen molar-refractivity contribution in [2.75, 3.05) is 14.2 Å². The van der Waals surface area contributed by atoms with Gasteiger partial charge in [0, 0.05) is 12.7 Å². The Hall–Kier alpha value is -1.39. The highest BCUT2D eigenvalue weighted by Gasteiger charge is 2.44. The summed E-state index contributed by atoms with van der Waals surface area (Å²) in [4.78, 5) is 12.4. The first-order valence-corrected chi connectivity index (χ1v) is 6.13. The summed E-state index contributed by atoms with van der Waals surface area (Å²) in [7, 11) is 3.14. The molecule has 0 aromatic heterocycles. The third-order valence-electron chi connectivity index (χ3n) is 3.64. The zero-order valence-corrected chi connectivity index (χ0v) is 10.8. The summed E-state index contributed by atoms with van der Waals surface area (Å²) in [5, 5.41) is 0. The SMILES string of the molecule is COc1ccccc1[C@]1(N)CCC[C@@H](OC)C1=O. The summed E-state index contributed by atoms with van der Waals surface area (Å²) >= 11 is 0. The number of rotatable bonds is 3. The maximum atomic E-state index is 12.4. The van der Waals surface area contributed by atoms with E-state index in [1.54, 1.807) is 14.2 Å². The van der Waals surface area contributed by atoms with Crippen molar-refractivity contribution in [3.63, 3.8) is 0 Å². The number of carbonyl (C=O) groups is 1. The van der Waals surface area contributed by atoms with E-state index < -0.39 is 11.6 Å². The van der Waals surface area contributed by atoms with E-state index in [2.05, 4.69) is 0 Å². The van der Waals surface area contributed by atoms with Gasteiger partial charge in [-0.15, -0.1) is 0 Å². The number of methoxy groups -OCH3 is 2. The summed E-state index contributed by atoms with van der Waals surface area (Å²) in [6.07, 6.45) is 1.84. The molecule has 1 aromatic rings. The summed E-state index contributed by atoms with van der Waals surface area (Å²) in [5.74, 6) is 0.603. The Balaban J connectivity index is 2.43. The number of nitrogens with two attached hydrogens (primary N) is 1. The van der Waals surface area contributed by atoms with Crippen molar-refractivity contribution in [1.29, 1.82) is 0 Å². The Morgan fingerprint density at radius 1 is 1.33 bits per heavy atom. The fourth-order valence-corrected chi connectivity index (χ4v) is 2.61. The molecule has 2 rings (SSSR count). The molecule has 0 heterocycles. The second kappa shape index (κ2) is 5.08. The van der Waals surface area contributed by atoms with Crippen molar-refractivity contribution in [3.8, 4) is 5.75 Å². The first kappa shape index (κ1) is 13.1. The van der Waals surface area contributed by atoms with E-state index in [9.17, 15) is 4.79 Å². The average Bonchev–Trinajstić information content (AvgIpc) is 2.42. The number of hydrogen-bond donors (Lipinski definition) is 1. The lowest BCUT2D eigenvalue weighted by molar-refractivity contribution is -0.138. The Morgan fingerprint density at radius 3 is 2.72 bits per heavy atom. The number of hydrogen-bond acceptors (Lipinski definition) is 4. The molecule has 1 fully saturated rings.